The lowest BCUT2D eigenvalue weighted by Crippen LogP contribution is -1.77. The summed E-state index contributed by atoms with van der Waals surface area (Å²) in [5.41, 5.74) is 0. The lowest BCUT2D eigenvalue weighted by Gasteiger charge is -1.94. The molecule has 0 N–H and O–H groups in total. The smallest absolute Gasteiger partial charge is 0.0845 e. The van der Waals surface area contributed by atoms with E-state index in [1.165, 1.54) is 32.1 Å². The first-order valence-electron chi connectivity index (χ1n) is 4.68. The van der Waals surface area contributed by atoms with Crippen molar-refractivity contribution in [3.8, 4) is 0 Å². The summed E-state index contributed by atoms with van der Waals surface area (Å²) in [6.07, 6.45) is 10.4. The molecule has 0 aromatic heterocycles. The van der Waals surface area contributed by atoms with Crippen molar-refractivity contribution in [3.05, 3.63) is 12.3 Å². The van der Waals surface area contributed by atoms with E-state index >= 15 is 0 Å². The molecule has 66 valence electrons. The van der Waals surface area contributed by atoms with E-state index in [2.05, 4.69) is 13.0 Å². The van der Waals surface area contributed by atoms with Crippen LogP contribution in [0.15, 0.2) is 12.3 Å². The molecule has 0 fully saturated rings. The van der Waals surface area contributed by atoms with Crippen molar-refractivity contribution in [2.45, 2.75) is 46.0 Å². The van der Waals surface area contributed by atoms with Gasteiger partial charge < -0.3 is 4.74 Å². The maximum Gasteiger partial charge on any atom is 0.0845 e. The average Bonchev–Trinajstić information content (AvgIpc) is 2.03. The summed E-state index contributed by atoms with van der Waals surface area (Å²) in [5.74, 6) is 0. The van der Waals surface area contributed by atoms with E-state index in [0.29, 0.717) is 0 Å². The molecule has 0 radical (unpaired) electrons. The normalized spacial score (nSPS) is 10.7. The van der Waals surface area contributed by atoms with Crippen molar-refractivity contribution in [2.24, 2.45) is 0 Å². The third-order valence-corrected chi connectivity index (χ3v) is 1.58. The van der Waals surface area contributed by atoms with Crippen LogP contribution in [0.4, 0.5) is 0 Å². The van der Waals surface area contributed by atoms with Crippen LogP contribution in [0.2, 0.25) is 0 Å². The summed E-state index contributed by atoms with van der Waals surface area (Å²) >= 11 is 0. The first-order valence-corrected chi connectivity index (χ1v) is 4.68. The second kappa shape index (κ2) is 9.54. The predicted molar refractivity (Wildman–Crippen MR) is 49.5 cm³/mol. The van der Waals surface area contributed by atoms with E-state index in [1.54, 1.807) is 0 Å². The molecule has 1 nitrogen and oxygen atoms in total. The third-order valence-electron chi connectivity index (χ3n) is 1.58. The van der Waals surface area contributed by atoms with Crippen LogP contribution in [-0.2, 0) is 4.74 Å². The highest BCUT2D eigenvalue weighted by molar-refractivity contribution is 4.72. The van der Waals surface area contributed by atoms with Crippen molar-refractivity contribution in [3.63, 3.8) is 0 Å². The molecule has 11 heavy (non-hydrogen) atoms. The van der Waals surface area contributed by atoms with Gasteiger partial charge in [-0.05, 0) is 25.8 Å². The van der Waals surface area contributed by atoms with Crippen LogP contribution in [-0.4, -0.2) is 6.61 Å². The Labute approximate surface area is 70.4 Å². The largest absolute Gasteiger partial charge is 0.502 e. The zero-order chi connectivity index (χ0) is 8.36. The van der Waals surface area contributed by atoms with E-state index in [9.17, 15) is 0 Å². The van der Waals surface area contributed by atoms with Crippen LogP contribution in [0.1, 0.15) is 46.0 Å². The summed E-state index contributed by atoms with van der Waals surface area (Å²) in [4.78, 5) is 0. The molecular formula is C10H20O. The molecule has 0 amide bonds. The topological polar surface area (TPSA) is 9.23 Å². The van der Waals surface area contributed by atoms with Crippen molar-refractivity contribution in [2.75, 3.05) is 6.61 Å². The molecule has 0 saturated heterocycles. The molecule has 0 bridgehead atoms. The zero-order valence-corrected chi connectivity index (χ0v) is 7.81. The second-order valence-corrected chi connectivity index (χ2v) is 2.68. The Morgan fingerprint density at radius 2 is 1.91 bits per heavy atom. The standard InChI is InChI=1S/C10H20O/c1-3-5-6-7-8-9-10-11-4-2/h9-10H,3-8H2,1-2H3. The molecule has 0 saturated carbocycles. The van der Waals surface area contributed by atoms with Gasteiger partial charge in [0.25, 0.3) is 0 Å². The quantitative estimate of drug-likeness (QED) is 0.405. The molecule has 0 unspecified atom stereocenters. The molecule has 0 aliphatic heterocycles. The summed E-state index contributed by atoms with van der Waals surface area (Å²) in [7, 11) is 0. The average molecular weight is 156 g/mol. The maximum atomic E-state index is 5.06. The van der Waals surface area contributed by atoms with Gasteiger partial charge in [-0.3, -0.25) is 0 Å². The van der Waals surface area contributed by atoms with E-state index < -0.39 is 0 Å². The van der Waals surface area contributed by atoms with Gasteiger partial charge in [0, 0.05) is 0 Å². The minimum Gasteiger partial charge on any atom is -0.502 e. The van der Waals surface area contributed by atoms with Gasteiger partial charge in [-0.25, -0.2) is 0 Å². The Hall–Kier alpha value is -0.460. The van der Waals surface area contributed by atoms with Gasteiger partial charge in [-0.1, -0.05) is 26.2 Å². The molecular weight excluding hydrogens is 136 g/mol. The molecule has 0 aliphatic rings. The number of ether oxygens (including phenoxy) is 1. The highest BCUT2D eigenvalue weighted by atomic mass is 16.5. The first-order chi connectivity index (χ1) is 5.41. The maximum absolute atomic E-state index is 5.06. The Balaban J connectivity index is 2.89. The number of hydrogen-bond acceptors (Lipinski definition) is 1. The van der Waals surface area contributed by atoms with Gasteiger partial charge in [-0.2, -0.15) is 0 Å². The molecule has 0 rings (SSSR count). The Bertz CT molecular complexity index is 86.9. The highest BCUT2D eigenvalue weighted by Crippen LogP contribution is 2.02. The van der Waals surface area contributed by atoms with Crippen LogP contribution in [0.25, 0.3) is 0 Å². The Kier molecular flexibility index (Phi) is 9.14. The van der Waals surface area contributed by atoms with Crippen LogP contribution in [0.5, 0.6) is 0 Å². The molecule has 1 heteroatoms. The monoisotopic (exact) mass is 156 g/mol. The number of allylic oxidation sites excluding steroid dienone is 1. The van der Waals surface area contributed by atoms with Gasteiger partial charge in [-0.15, -0.1) is 0 Å². The third kappa shape index (κ3) is 9.54. The fraction of sp³-hybridized carbons (Fsp3) is 0.800. The molecule has 0 spiro atoms. The minimum atomic E-state index is 0.783. The molecule has 0 atom stereocenters. The van der Waals surface area contributed by atoms with Gasteiger partial charge in [0.1, 0.15) is 0 Å². The van der Waals surface area contributed by atoms with Crippen LogP contribution in [0, 0.1) is 0 Å². The second-order valence-electron chi connectivity index (χ2n) is 2.68. The predicted octanol–water partition coefficient (Wildman–Crippen LogP) is 3.51. The molecule has 0 aromatic carbocycles. The summed E-state index contributed by atoms with van der Waals surface area (Å²) < 4.78 is 5.06. The van der Waals surface area contributed by atoms with Gasteiger partial charge in [0.15, 0.2) is 0 Å². The molecule has 0 aliphatic carbocycles. The minimum absolute atomic E-state index is 0.783. The fourth-order valence-electron chi connectivity index (χ4n) is 0.921. The lowest BCUT2D eigenvalue weighted by molar-refractivity contribution is 0.268. The van der Waals surface area contributed by atoms with Gasteiger partial charge in [0.05, 0.1) is 12.9 Å². The number of unbranched alkanes of at least 4 members (excludes halogenated alkanes) is 4. The van der Waals surface area contributed by atoms with Gasteiger partial charge >= 0.3 is 0 Å². The van der Waals surface area contributed by atoms with E-state index in [1.807, 2.05) is 13.2 Å². The Morgan fingerprint density at radius 3 is 2.55 bits per heavy atom. The van der Waals surface area contributed by atoms with Crippen molar-refractivity contribution >= 4 is 0 Å². The summed E-state index contributed by atoms with van der Waals surface area (Å²) in [6.45, 7) is 5.02. The fourth-order valence-corrected chi connectivity index (χ4v) is 0.921. The number of hydrogen-bond donors (Lipinski definition) is 0. The first kappa shape index (κ1) is 10.5. The van der Waals surface area contributed by atoms with E-state index in [0.717, 1.165) is 6.61 Å². The molecule has 0 aromatic rings. The van der Waals surface area contributed by atoms with Gasteiger partial charge in [0.2, 0.25) is 0 Å². The summed E-state index contributed by atoms with van der Waals surface area (Å²) in [6, 6.07) is 0. The summed E-state index contributed by atoms with van der Waals surface area (Å²) in [5, 5.41) is 0. The Morgan fingerprint density at radius 1 is 1.09 bits per heavy atom. The van der Waals surface area contributed by atoms with Crippen LogP contribution >= 0.6 is 0 Å². The van der Waals surface area contributed by atoms with Crippen LogP contribution < -0.4 is 0 Å². The van der Waals surface area contributed by atoms with Crippen LogP contribution in [0.3, 0.4) is 0 Å². The van der Waals surface area contributed by atoms with Crippen molar-refractivity contribution < 1.29 is 4.74 Å². The van der Waals surface area contributed by atoms with Crippen molar-refractivity contribution in [1.82, 2.24) is 0 Å². The zero-order valence-electron chi connectivity index (χ0n) is 7.81. The molecule has 0 heterocycles. The van der Waals surface area contributed by atoms with Crippen molar-refractivity contribution in [1.29, 1.82) is 0 Å². The van der Waals surface area contributed by atoms with E-state index in [4.69, 9.17) is 4.74 Å². The lowest BCUT2D eigenvalue weighted by atomic mass is 10.2. The van der Waals surface area contributed by atoms with E-state index in [-0.39, 0.29) is 0 Å². The highest BCUT2D eigenvalue weighted by Gasteiger charge is 1.83. The SMILES string of the molecule is CCCCCCC=COCC. The number of rotatable bonds is 7.